The molecule has 0 amide bonds. The number of alkyl halides is 3. The highest BCUT2D eigenvalue weighted by molar-refractivity contribution is 5.74. The van der Waals surface area contributed by atoms with Crippen molar-refractivity contribution >= 4 is 0 Å². The van der Waals surface area contributed by atoms with Crippen LogP contribution in [-0.2, 0) is 6.42 Å². The SMILES string of the molecule is CCCc1c(-c2c(F)cc(-c3ccccc3)cc2F)ccc(OC(F)(F)F)c1F. The zero-order chi connectivity index (χ0) is 21.2. The first-order valence-corrected chi connectivity index (χ1v) is 8.83. The van der Waals surface area contributed by atoms with Crippen LogP contribution < -0.4 is 4.74 Å². The molecule has 3 rings (SSSR count). The lowest BCUT2D eigenvalue weighted by atomic mass is 9.93. The predicted molar refractivity (Wildman–Crippen MR) is 97.9 cm³/mol. The average Bonchev–Trinajstić information content (AvgIpc) is 2.65. The van der Waals surface area contributed by atoms with Gasteiger partial charge < -0.3 is 4.74 Å². The van der Waals surface area contributed by atoms with E-state index < -0.39 is 35.1 Å². The monoisotopic (exact) mass is 410 g/mol. The topological polar surface area (TPSA) is 9.23 Å². The first-order chi connectivity index (χ1) is 13.7. The van der Waals surface area contributed by atoms with Gasteiger partial charge in [0.1, 0.15) is 11.6 Å². The van der Waals surface area contributed by atoms with Crippen molar-refractivity contribution in [1.29, 1.82) is 0 Å². The minimum absolute atomic E-state index is 0.0183. The van der Waals surface area contributed by atoms with Crippen molar-refractivity contribution in [1.82, 2.24) is 0 Å². The maximum atomic E-state index is 14.8. The number of hydrogen-bond donors (Lipinski definition) is 0. The fourth-order valence-corrected chi connectivity index (χ4v) is 3.16. The van der Waals surface area contributed by atoms with E-state index >= 15 is 0 Å². The zero-order valence-electron chi connectivity index (χ0n) is 15.3. The van der Waals surface area contributed by atoms with E-state index in [0.717, 1.165) is 24.3 Å². The van der Waals surface area contributed by atoms with Crippen LogP contribution in [0.15, 0.2) is 54.6 Å². The van der Waals surface area contributed by atoms with Gasteiger partial charge in [0.2, 0.25) is 0 Å². The molecule has 0 radical (unpaired) electrons. The van der Waals surface area contributed by atoms with Crippen molar-refractivity contribution in [2.75, 3.05) is 0 Å². The Kier molecular flexibility index (Phi) is 5.86. The highest BCUT2D eigenvalue weighted by Gasteiger charge is 2.33. The largest absolute Gasteiger partial charge is 0.573 e. The van der Waals surface area contributed by atoms with Crippen LogP contribution in [-0.4, -0.2) is 6.36 Å². The predicted octanol–water partition coefficient (Wildman–Crippen LogP) is 7.29. The Hall–Kier alpha value is -2.96. The standard InChI is InChI=1S/C22H16F6O/c1-2-6-16-15(9-10-19(21(16)25)29-22(26,27)28)20-17(23)11-14(12-18(20)24)13-7-4-3-5-8-13/h3-5,7-12H,2,6H2,1H3. The second-order valence-corrected chi connectivity index (χ2v) is 6.38. The van der Waals surface area contributed by atoms with E-state index in [1.807, 2.05) is 0 Å². The summed E-state index contributed by atoms with van der Waals surface area (Å²) in [4.78, 5) is 0. The molecule has 0 saturated heterocycles. The molecule has 0 aliphatic rings. The zero-order valence-corrected chi connectivity index (χ0v) is 15.3. The number of rotatable bonds is 5. The number of hydrogen-bond acceptors (Lipinski definition) is 1. The van der Waals surface area contributed by atoms with Gasteiger partial charge in [-0.3, -0.25) is 0 Å². The van der Waals surface area contributed by atoms with Crippen LogP contribution in [0, 0.1) is 17.5 Å². The Labute approximate surface area is 163 Å². The van der Waals surface area contributed by atoms with Gasteiger partial charge in [-0.25, -0.2) is 13.2 Å². The third-order valence-electron chi connectivity index (χ3n) is 4.35. The van der Waals surface area contributed by atoms with Crippen LogP contribution in [0.25, 0.3) is 22.3 Å². The summed E-state index contributed by atoms with van der Waals surface area (Å²) in [6.45, 7) is 1.67. The molecule has 0 saturated carbocycles. The van der Waals surface area contributed by atoms with Crippen LogP contribution in [0.5, 0.6) is 5.75 Å². The molecule has 0 atom stereocenters. The molecule has 7 heteroatoms. The molecule has 0 aromatic heterocycles. The first kappa shape index (κ1) is 20.8. The van der Waals surface area contributed by atoms with Crippen molar-refractivity contribution in [2.24, 2.45) is 0 Å². The average molecular weight is 410 g/mol. The van der Waals surface area contributed by atoms with E-state index in [1.165, 1.54) is 0 Å². The van der Waals surface area contributed by atoms with Gasteiger partial charge >= 0.3 is 6.36 Å². The lowest BCUT2D eigenvalue weighted by Gasteiger charge is -2.17. The van der Waals surface area contributed by atoms with Gasteiger partial charge in [-0.05, 0) is 52.9 Å². The van der Waals surface area contributed by atoms with E-state index in [0.29, 0.717) is 17.5 Å². The molecular formula is C22H16F6O. The number of ether oxygens (including phenoxy) is 1. The number of benzene rings is 3. The Morgan fingerprint density at radius 3 is 2.00 bits per heavy atom. The van der Waals surface area contributed by atoms with Crippen molar-refractivity contribution in [3.05, 3.63) is 77.6 Å². The van der Waals surface area contributed by atoms with Gasteiger partial charge in [-0.1, -0.05) is 43.7 Å². The summed E-state index contributed by atoms with van der Waals surface area (Å²) in [5, 5.41) is 0. The maximum Gasteiger partial charge on any atom is 0.573 e. The number of halogens is 6. The van der Waals surface area contributed by atoms with Gasteiger partial charge in [0.25, 0.3) is 0 Å². The van der Waals surface area contributed by atoms with Gasteiger partial charge in [0.05, 0.1) is 5.56 Å². The van der Waals surface area contributed by atoms with Crippen LogP contribution in [0.3, 0.4) is 0 Å². The molecule has 0 spiro atoms. The molecule has 0 N–H and O–H groups in total. The molecule has 3 aromatic carbocycles. The quantitative estimate of drug-likeness (QED) is 0.401. The lowest BCUT2D eigenvalue weighted by molar-refractivity contribution is -0.275. The molecule has 0 fully saturated rings. The van der Waals surface area contributed by atoms with E-state index in [4.69, 9.17) is 0 Å². The van der Waals surface area contributed by atoms with Gasteiger partial charge in [-0.2, -0.15) is 0 Å². The molecule has 152 valence electrons. The summed E-state index contributed by atoms with van der Waals surface area (Å²) in [6, 6.07) is 12.5. The summed E-state index contributed by atoms with van der Waals surface area (Å²) in [7, 11) is 0. The Bertz CT molecular complexity index is 989. The van der Waals surface area contributed by atoms with Crippen molar-refractivity contribution in [3.63, 3.8) is 0 Å². The molecule has 0 heterocycles. The van der Waals surface area contributed by atoms with Crippen LogP contribution >= 0.6 is 0 Å². The minimum atomic E-state index is -5.08. The molecule has 1 nitrogen and oxygen atoms in total. The fraction of sp³-hybridized carbons (Fsp3) is 0.182. The van der Waals surface area contributed by atoms with Crippen molar-refractivity contribution in [2.45, 2.75) is 26.1 Å². The smallest absolute Gasteiger partial charge is 0.403 e. The van der Waals surface area contributed by atoms with Gasteiger partial charge in [-0.15, -0.1) is 13.2 Å². The summed E-state index contributed by atoms with van der Waals surface area (Å²) in [5.74, 6) is -4.20. The third kappa shape index (κ3) is 4.55. The minimum Gasteiger partial charge on any atom is -0.403 e. The summed E-state index contributed by atoms with van der Waals surface area (Å²) >= 11 is 0. The van der Waals surface area contributed by atoms with E-state index in [9.17, 15) is 26.3 Å². The molecular weight excluding hydrogens is 394 g/mol. The van der Waals surface area contributed by atoms with Gasteiger partial charge in [0.15, 0.2) is 11.6 Å². The Balaban J connectivity index is 2.14. The molecule has 29 heavy (non-hydrogen) atoms. The van der Waals surface area contributed by atoms with Crippen LogP contribution in [0.2, 0.25) is 0 Å². The highest BCUT2D eigenvalue weighted by atomic mass is 19.4. The van der Waals surface area contributed by atoms with Crippen molar-refractivity contribution in [3.8, 4) is 28.0 Å². The van der Waals surface area contributed by atoms with E-state index in [2.05, 4.69) is 4.74 Å². The molecule has 0 aliphatic carbocycles. The second-order valence-electron chi connectivity index (χ2n) is 6.38. The van der Waals surface area contributed by atoms with E-state index in [1.54, 1.807) is 37.3 Å². The Morgan fingerprint density at radius 2 is 1.45 bits per heavy atom. The van der Waals surface area contributed by atoms with Crippen LogP contribution in [0.4, 0.5) is 26.3 Å². The second kappa shape index (κ2) is 8.19. The molecule has 0 aliphatic heterocycles. The molecule has 0 unspecified atom stereocenters. The fourth-order valence-electron chi connectivity index (χ4n) is 3.16. The van der Waals surface area contributed by atoms with Gasteiger partial charge in [0, 0.05) is 0 Å². The Morgan fingerprint density at radius 1 is 0.828 bits per heavy atom. The summed E-state index contributed by atoms with van der Waals surface area (Å²) in [6.07, 6.45) is -4.75. The molecule has 0 bridgehead atoms. The third-order valence-corrected chi connectivity index (χ3v) is 4.35. The van der Waals surface area contributed by atoms with Crippen molar-refractivity contribution < 1.29 is 31.1 Å². The lowest BCUT2D eigenvalue weighted by Crippen LogP contribution is -2.18. The molecule has 3 aromatic rings. The summed E-state index contributed by atoms with van der Waals surface area (Å²) in [5.41, 5.74) is 0.00297. The summed E-state index contributed by atoms with van der Waals surface area (Å²) < 4.78 is 85.5. The maximum absolute atomic E-state index is 14.8. The highest BCUT2D eigenvalue weighted by Crippen LogP contribution is 2.38. The normalized spacial score (nSPS) is 11.6. The van der Waals surface area contributed by atoms with E-state index in [-0.39, 0.29) is 17.5 Å². The first-order valence-electron chi connectivity index (χ1n) is 8.83. The van der Waals surface area contributed by atoms with Crippen LogP contribution in [0.1, 0.15) is 18.9 Å².